The maximum Gasteiger partial charge on any atom is 0.306 e. The van der Waals surface area contributed by atoms with Crippen molar-refractivity contribution in [1.29, 1.82) is 0 Å². The highest BCUT2D eigenvalue weighted by Gasteiger charge is 2.52. The van der Waals surface area contributed by atoms with Crippen molar-refractivity contribution in [2.75, 3.05) is 6.54 Å². The molecule has 0 saturated carbocycles. The van der Waals surface area contributed by atoms with Gasteiger partial charge in [-0.2, -0.15) is 0 Å². The Bertz CT molecular complexity index is 1070. The number of aromatic nitrogens is 1. The predicted octanol–water partition coefficient (Wildman–Crippen LogP) is 4.48. The molecule has 4 N–H and O–H groups in total. The highest BCUT2D eigenvalue weighted by Crippen LogP contribution is 2.44. The lowest BCUT2D eigenvalue weighted by atomic mass is 9.84. The van der Waals surface area contributed by atoms with Crippen molar-refractivity contribution in [2.24, 2.45) is 17.6 Å². The van der Waals surface area contributed by atoms with E-state index in [1.807, 2.05) is 32.2 Å². The first-order chi connectivity index (χ1) is 19.4. The Morgan fingerprint density at radius 3 is 2.73 bits per heavy atom. The molecule has 0 unspecified atom stereocenters. The number of amides is 1. The number of carbonyl (C=O) groups is 3. The standard InChI is InChI=1S/C31H49N3O6S/c1-19-10-9-12-31(5)27(40-31)17-25(20(2)14-23-18-41-22(4)33-23)34-28(36)16-24(15-26(35)21(3)30(19)38)39-29(37)11-7-6-8-13-32/h14,18-19,21,24-25,27,30,38H,6-13,15-17,32H2,1-5H3,(H,34,36)/b20-14+/t19-,21-,24+,25-,27-,30-,31+/m0/s1. The van der Waals surface area contributed by atoms with Crippen LogP contribution in [0.15, 0.2) is 11.0 Å². The number of aliphatic hydroxyl groups excluding tert-OH is 1. The molecule has 1 amide bonds. The van der Waals surface area contributed by atoms with Gasteiger partial charge in [-0.25, -0.2) is 4.98 Å². The zero-order valence-electron chi connectivity index (χ0n) is 25.3. The summed E-state index contributed by atoms with van der Waals surface area (Å²) in [6.45, 7) is 10.3. The molecule has 9 nitrogen and oxygen atoms in total. The largest absolute Gasteiger partial charge is 0.461 e. The molecule has 0 aromatic carbocycles. The highest BCUT2D eigenvalue weighted by atomic mass is 32.1. The van der Waals surface area contributed by atoms with Crippen molar-refractivity contribution < 1.29 is 29.0 Å². The Hall–Kier alpha value is -2.14. The summed E-state index contributed by atoms with van der Waals surface area (Å²) in [5.74, 6) is -1.66. The lowest BCUT2D eigenvalue weighted by Crippen LogP contribution is -2.41. The lowest BCUT2D eigenvalue weighted by molar-refractivity contribution is -0.152. The van der Waals surface area contributed by atoms with Crippen molar-refractivity contribution >= 4 is 35.1 Å². The zero-order valence-corrected chi connectivity index (χ0v) is 26.1. The van der Waals surface area contributed by atoms with E-state index in [4.69, 9.17) is 15.2 Å². The Balaban J connectivity index is 1.81. The van der Waals surface area contributed by atoms with Crippen LogP contribution in [0, 0.1) is 18.8 Å². The third-order valence-electron chi connectivity index (χ3n) is 8.54. The molecule has 3 rings (SSSR count). The van der Waals surface area contributed by atoms with Gasteiger partial charge in [-0.05, 0) is 70.6 Å². The molecule has 230 valence electrons. The summed E-state index contributed by atoms with van der Waals surface area (Å²) in [6.07, 6.45) is 5.56. The molecular weight excluding hydrogens is 542 g/mol. The topological polar surface area (TPSA) is 144 Å². The molecule has 0 spiro atoms. The predicted molar refractivity (Wildman–Crippen MR) is 160 cm³/mol. The van der Waals surface area contributed by atoms with Gasteiger partial charge in [0.15, 0.2) is 0 Å². The fraction of sp³-hybridized carbons (Fsp3) is 0.742. The van der Waals surface area contributed by atoms with Gasteiger partial charge in [0.05, 0.1) is 41.0 Å². The van der Waals surface area contributed by atoms with Crippen LogP contribution in [0.5, 0.6) is 0 Å². The van der Waals surface area contributed by atoms with Gasteiger partial charge in [-0.1, -0.05) is 26.7 Å². The number of unbranched alkanes of at least 4 members (excludes halogenated alkanes) is 2. The number of hydrogen-bond donors (Lipinski definition) is 3. The van der Waals surface area contributed by atoms with Crippen LogP contribution in [0.3, 0.4) is 0 Å². The number of esters is 1. The molecule has 0 radical (unpaired) electrons. The van der Waals surface area contributed by atoms with Gasteiger partial charge in [0, 0.05) is 30.6 Å². The van der Waals surface area contributed by atoms with Crippen LogP contribution in [0.1, 0.15) is 103 Å². The summed E-state index contributed by atoms with van der Waals surface area (Å²) in [7, 11) is 0. The summed E-state index contributed by atoms with van der Waals surface area (Å²) >= 11 is 1.57. The van der Waals surface area contributed by atoms with Crippen LogP contribution in [0.25, 0.3) is 6.08 Å². The number of hydrogen-bond acceptors (Lipinski definition) is 9. The summed E-state index contributed by atoms with van der Waals surface area (Å²) < 4.78 is 11.8. The van der Waals surface area contributed by atoms with Crippen LogP contribution in [0.2, 0.25) is 0 Å². The number of epoxide rings is 1. The normalized spacial score (nSPS) is 32.2. The summed E-state index contributed by atoms with van der Waals surface area (Å²) in [4.78, 5) is 43.8. The third kappa shape index (κ3) is 10.3. The van der Waals surface area contributed by atoms with Gasteiger partial charge in [0.2, 0.25) is 5.91 Å². The van der Waals surface area contributed by atoms with E-state index in [2.05, 4.69) is 17.2 Å². The van der Waals surface area contributed by atoms with Crippen LogP contribution in [0.4, 0.5) is 0 Å². The molecule has 0 aliphatic carbocycles. The van der Waals surface area contributed by atoms with E-state index in [1.54, 1.807) is 18.3 Å². The van der Waals surface area contributed by atoms with Gasteiger partial charge < -0.3 is 25.6 Å². The number of nitrogens with zero attached hydrogens (tertiary/aromatic N) is 1. The van der Waals surface area contributed by atoms with E-state index in [-0.39, 0.29) is 54.6 Å². The fourth-order valence-electron chi connectivity index (χ4n) is 5.65. The monoisotopic (exact) mass is 591 g/mol. The first-order valence-electron chi connectivity index (χ1n) is 15.1. The van der Waals surface area contributed by atoms with Crippen LogP contribution < -0.4 is 11.1 Å². The molecule has 41 heavy (non-hydrogen) atoms. The van der Waals surface area contributed by atoms with Crippen LogP contribution in [-0.4, -0.2) is 64.2 Å². The van der Waals surface area contributed by atoms with E-state index < -0.39 is 24.1 Å². The average Bonchev–Trinajstić information content (AvgIpc) is 3.35. The minimum absolute atomic E-state index is 0.0101. The third-order valence-corrected chi connectivity index (χ3v) is 9.33. The van der Waals surface area contributed by atoms with Gasteiger partial charge in [0.25, 0.3) is 0 Å². The van der Waals surface area contributed by atoms with E-state index in [9.17, 15) is 19.5 Å². The highest BCUT2D eigenvalue weighted by molar-refractivity contribution is 7.09. The summed E-state index contributed by atoms with van der Waals surface area (Å²) in [5, 5.41) is 17.0. The van der Waals surface area contributed by atoms with Crippen molar-refractivity contribution in [3.05, 3.63) is 21.7 Å². The number of nitrogens with two attached hydrogens (primary N) is 1. The molecule has 2 aliphatic rings. The van der Waals surface area contributed by atoms with Crippen molar-refractivity contribution in [3.63, 3.8) is 0 Å². The summed E-state index contributed by atoms with van der Waals surface area (Å²) in [6, 6.07) is -0.299. The molecule has 10 heteroatoms. The van der Waals surface area contributed by atoms with Crippen LogP contribution in [-0.2, 0) is 23.9 Å². The molecular formula is C31H49N3O6S. The first kappa shape index (κ1) is 33.4. The number of aryl methyl sites for hydroxylation is 1. The first-order valence-corrected chi connectivity index (χ1v) is 16.0. The molecule has 2 fully saturated rings. The molecule has 2 saturated heterocycles. The average molecular weight is 592 g/mol. The van der Waals surface area contributed by atoms with Crippen LogP contribution >= 0.6 is 11.3 Å². The molecule has 0 bridgehead atoms. The Morgan fingerprint density at radius 1 is 1.29 bits per heavy atom. The molecule has 2 aliphatic heterocycles. The number of thiazole rings is 1. The second kappa shape index (κ2) is 15.4. The number of ketones is 1. The number of carbonyl (C=O) groups excluding carboxylic acids is 3. The molecule has 1 aromatic rings. The SMILES string of the molecule is C/C(=C\c1csc(C)n1)[C@@H]1C[C@@H]2O[C@]2(C)CCC[C@H](C)[C@H](O)[C@@H](C)C(=O)C[C@@H](OC(=O)CCCCCN)CC(=O)N1. The Kier molecular flexibility index (Phi) is 12.5. The van der Waals surface area contributed by atoms with Crippen molar-refractivity contribution in [1.82, 2.24) is 10.3 Å². The quantitative estimate of drug-likeness (QED) is 0.228. The number of fused-ring (bicyclic) bond motifs is 1. The number of aliphatic hydroxyl groups is 1. The van der Waals surface area contributed by atoms with Crippen molar-refractivity contribution in [3.8, 4) is 0 Å². The van der Waals surface area contributed by atoms with Crippen molar-refractivity contribution in [2.45, 2.75) is 129 Å². The Morgan fingerprint density at radius 2 is 2.05 bits per heavy atom. The second-order valence-corrected chi connectivity index (χ2v) is 13.3. The van der Waals surface area contributed by atoms with E-state index in [1.165, 1.54) is 0 Å². The smallest absolute Gasteiger partial charge is 0.306 e. The number of nitrogens with one attached hydrogen (secondary N) is 1. The summed E-state index contributed by atoms with van der Waals surface area (Å²) in [5.41, 5.74) is 7.06. The molecule has 1 aromatic heterocycles. The molecule has 7 atom stereocenters. The fourth-order valence-corrected chi connectivity index (χ4v) is 6.22. The van der Waals surface area contributed by atoms with Gasteiger partial charge in [0.1, 0.15) is 11.9 Å². The minimum Gasteiger partial charge on any atom is -0.461 e. The zero-order chi connectivity index (χ0) is 30.2. The van der Waals surface area contributed by atoms with Gasteiger partial charge in [-0.15, -0.1) is 11.3 Å². The lowest BCUT2D eigenvalue weighted by Gasteiger charge is -2.27. The second-order valence-electron chi connectivity index (χ2n) is 12.2. The van der Waals surface area contributed by atoms with Gasteiger partial charge >= 0.3 is 5.97 Å². The molecule has 3 heterocycles. The van der Waals surface area contributed by atoms with E-state index in [0.29, 0.717) is 19.4 Å². The maximum atomic E-state index is 13.4. The van der Waals surface area contributed by atoms with E-state index >= 15 is 0 Å². The van der Waals surface area contributed by atoms with E-state index in [0.717, 1.165) is 48.4 Å². The minimum atomic E-state index is -0.907. The Labute approximate surface area is 248 Å². The number of Topliss-reactive ketones (excluding diaryl/α,β-unsaturated/α-hetero) is 1. The number of ether oxygens (including phenoxy) is 2. The number of rotatable bonds is 8. The maximum absolute atomic E-state index is 13.4. The van der Waals surface area contributed by atoms with Gasteiger partial charge in [-0.3, -0.25) is 14.4 Å².